The van der Waals surface area contributed by atoms with Crippen LogP contribution < -0.4 is 11.5 Å². The fourth-order valence-electron chi connectivity index (χ4n) is 0. The van der Waals surface area contributed by atoms with Crippen LogP contribution in [0, 0.1) is 0 Å². The molecule has 0 fully saturated rings. The topological polar surface area (TPSA) is 52.0 Å². The Morgan fingerprint density at radius 1 is 1.00 bits per heavy atom. The Morgan fingerprint density at radius 3 is 1.14 bits per heavy atom. The minimum Gasteiger partial charge on any atom is -0.313 e. The molecule has 0 aromatic rings. The molecule has 2 nitrogen and oxygen atoms in total. The third kappa shape index (κ3) is 7.19. The molecular formula is C2H6Cl2N2Pt. The molecule has 0 aliphatic rings. The number of nitrogens with two attached hydrogens (primary N) is 2. The van der Waals surface area contributed by atoms with E-state index in [-0.39, 0.29) is 21.1 Å². The maximum absolute atomic E-state index is 5.13. The molecular weight excluding hydrogens is 318 g/mol. The predicted molar refractivity (Wildman–Crippen MR) is 27.7 cm³/mol. The van der Waals surface area contributed by atoms with Gasteiger partial charge in [0.05, 0.1) is 0 Å². The number of hydrogen-bond acceptors (Lipinski definition) is 2. The first-order valence-corrected chi connectivity index (χ1v) is 2.31. The number of alkyl halides is 2. The second kappa shape index (κ2) is 5.33. The van der Waals surface area contributed by atoms with E-state index < -0.39 is 11.0 Å². The van der Waals surface area contributed by atoms with Gasteiger partial charge < -0.3 is 11.5 Å². The summed E-state index contributed by atoms with van der Waals surface area (Å²) >= 11 is 10.3. The van der Waals surface area contributed by atoms with Crippen molar-refractivity contribution in [3.63, 3.8) is 0 Å². The molecule has 0 radical (unpaired) electrons. The van der Waals surface area contributed by atoms with Crippen molar-refractivity contribution in [1.29, 1.82) is 0 Å². The molecule has 2 atom stereocenters. The Labute approximate surface area is 66.8 Å². The van der Waals surface area contributed by atoms with Crippen LogP contribution in [0.2, 0.25) is 0 Å². The molecule has 0 amide bonds. The van der Waals surface area contributed by atoms with Crippen LogP contribution in [-0.2, 0) is 21.1 Å². The molecule has 0 rings (SSSR count). The van der Waals surface area contributed by atoms with Crippen molar-refractivity contribution in [2.24, 2.45) is 11.5 Å². The van der Waals surface area contributed by atoms with Crippen molar-refractivity contribution in [3.05, 3.63) is 0 Å². The third-order valence-electron chi connectivity index (χ3n) is 0.304. The Morgan fingerprint density at radius 2 is 1.14 bits per heavy atom. The van der Waals surface area contributed by atoms with Crippen LogP contribution in [0.15, 0.2) is 0 Å². The van der Waals surface area contributed by atoms with E-state index in [9.17, 15) is 0 Å². The van der Waals surface area contributed by atoms with Crippen LogP contribution in [0.5, 0.6) is 0 Å². The van der Waals surface area contributed by atoms with E-state index in [0.717, 1.165) is 0 Å². The summed E-state index contributed by atoms with van der Waals surface area (Å²) < 4.78 is 0. The van der Waals surface area contributed by atoms with Gasteiger partial charge in [0.1, 0.15) is 11.0 Å². The summed E-state index contributed by atoms with van der Waals surface area (Å²) in [6, 6.07) is 0. The van der Waals surface area contributed by atoms with E-state index in [1.54, 1.807) is 0 Å². The van der Waals surface area contributed by atoms with Crippen molar-refractivity contribution in [2.75, 3.05) is 0 Å². The van der Waals surface area contributed by atoms with Crippen LogP contribution >= 0.6 is 23.2 Å². The molecule has 0 aromatic heterocycles. The van der Waals surface area contributed by atoms with Gasteiger partial charge in [-0.05, 0) is 0 Å². The Hall–Kier alpha value is 1.19. The molecule has 48 valence electrons. The van der Waals surface area contributed by atoms with Crippen LogP contribution in [0.25, 0.3) is 0 Å². The van der Waals surface area contributed by atoms with Gasteiger partial charge in [0.15, 0.2) is 0 Å². The van der Waals surface area contributed by atoms with Gasteiger partial charge in [-0.3, -0.25) is 0 Å². The smallest absolute Gasteiger partial charge is 0.109 e. The molecule has 0 saturated heterocycles. The van der Waals surface area contributed by atoms with Crippen molar-refractivity contribution in [2.45, 2.75) is 11.0 Å². The fraction of sp³-hybridized carbons (Fsp3) is 1.00. The fourth-order valence-corrected chi connectivity index (χ4v) is 0. The van der Waals surface area contributed by atoms with Gasteiger partial charge in [0.25, 0.3) is 0 Å². The van der Waals surface area contributed by atoms with Crippen LogP contribution in [0.4, 0.5) is 0 Å². The average molecular weight is 324 g/mol. The molecule has 7 heavy (non-hydrogen) atoms. The summed E-state index contributed by atoms with van der Waals surface area (Å²) in [5, 5.41) is 0. The second-order valence-corrected chi connectivity index (χ2v) is 1.90. The summed E-state index contributed by atoms with van der Waals surface area (Å²) in [6.45, 7) is 0. The van der Waals surface area contributed by atoms with Gasteiger partial charge in [-0.2, -0.15) is 0 Å². The molecule has 0 aromatic carbocycles. The molecule has 5 heteroatoms. The van der Waals surface area contributed by atoms with E-state index in [1.807, 2.05) is 0 Å². The van der Waals surface area contributed by atoms with Crippen LogP contribution in [0.3, 0.4) is 0 Å². The monoisotopic (exact) mass is 323 g/mol. The van der Waals surface area contributed by atoms with Crippen LogP contribution in [-0.4, -0.2) is 11.0 Å². The van der Waals surface area contributed by atoms with Crippen molar-refractivity contribution in [3.8, 4) is 0 Å². The summed E-state index contributed by atoms with van der Waals surface area (Å²) in [5.41, 5.74) is 8.62. The van der Waals surface area contributed by atoms with E-state index in [4.69, 9.17) is 34.7 Å². The van der Waals surface area contributed by atoms with Gasteiger partial charge in [0, 0.05) is 21.1 Å². The average Bonchev–Trinajstić information content (AvgIpc) is 1.36. The molecule has 0 aliphatic heterocycles. The summed E-state index contributed by atoms with van der Waals surface area (Å²) in [5.74, 6) is 0. The Balaban J connectivity index is 0. The van der Waals surface area contributed by atoms with E-state index in [0.29, 0.717) is 0 Å². The molecule has 4 N–H and O–H groups in total. The van der Waals surface area contributed by atoms with Crippen molar-refractivity contribution >= 4 is 23.2 Å². The van der Waals surface area contributed by atoms with E-state index in [2.05, 4.69) is 0 Å². The quantitative estimate of drug-likeness (QED) is 0.528. The van der Waals surface area contributed by atoms with E-state index in [1.165, 1.54) is 0 Å². The molecule has 0 spiro atoms. The number of hydrogen-bond donors (Lipinski definition) is 2. The van der Waals surface area contributed by atoms with E-state index >= 15 is 0 Å². The van der Waals surface area contributed by atoms with Gasteiger partial charge in [0.2, 0.25) is 0 Å². The maximum atomic E-state index is 5.13. The number of rotatable bonds is 1. The minimum absolute atomic E-state index is 0. The Kier molecular flexibility index (Phi) is 8.41. The zero-order valence-corrected chi connectivity index (χ0v) is 7.17. The molecule has 0 saturated carbocycles. The predicted octanol–water partition coefficient (Wildman–Crippen LogP) is 0.0311. The van der Waals surface area contributed by atoms with Crippen molar-refractivity contribution < 1.29 is 21.1 Å². The van der Waals surface area contributed by atoms with Gasteiger partial charge in [-0.15, -0.1) is 23.2 Å². The van der Waals surface area contributed by atoms with Gasteiger partial charge in [-0.25, -0.2) is 0 Å². The maximum Gasteiger partial charge on any atom is 0.109 e. The SMILES string of the molecule is NC(Cl)C(N)Cl.[Pt]. The first-order valence-electron chi connectivity index (χ1n) is 1.44. The second-order valence-electron chi connectivity index (χ2n) is 0.889. The summed E-state index contributed by atoms with van der Waals surface area (Å²) in [7, 11) is 0. The normalized spacial score (nSPS) is 17.1. The minimum atomic E-state index is -0.633. The third-order valence-corrected chi connectivity index (χ3v) is 0.976. The number of halogens is 2. The van der Waals surface area contributed by atoms with Gasteiger partial charge >= 0.3 is 0 Å². The summed E-state index contributed by atoms with van der Waals surface area (Å²) in [4.78, 5) is 0. The molecule has 0 bridgehead atoms. The Bertz CT molecular complexity index is 34.7. The van der Waals surface area contributed by atoms with Gasteiger partial charge in [-0.1, -0.05) is 0 Å². The molecule has 0 heterocycles. The first kappa shape index (κ1) is 11.0. The standard InChI is InChI=1S/C2H6Cl2N2.Pt/c3-1(5)2(4)6;/h1-2H,5-6H2;. The van der Waals surface area contributed by atoms with Crippen molar-refractivity contribution in [1.82, 2.24) is 0 Å². The zero-order valence-electron chi connectivity index (χ0n) is 3.38. The molecule has 0 aliphatic carbocycles. The zero-order chi connectivity index (χ0) is 5.15. The first-order chi connectivity index (χ1) is 2.64. The van der Waals surface area contributed by atoms with Crippen LogP contribution in [0.1, 0.15) is 0 Å². The largest absolute Gasteiger partial charge is 0.313 e. The summed E-state index contributed by atoms with van der Waals surface area (Å²) in [6.07, 6.45) is 0. The molecule has 2 unspecified atom stereocenters.